The van der Waals surface area contributed by atoms with E-state index in [-0.39, 0.29) is 6.04 Å². The van der Waals surface area contributed by atoms with Gasteiger partial charge in [-0.25, -0.2) is 9.59 Å². The maximum atomic E-state index is 11.8. The highest BCUT2D eigenvalue weighted by molar-refractivity contribution is 5.83. The molecule has 0 aliphatic heterocycles. The smallest absolute Gasteiger partial charge is 0.326 e. The van der Waals surface area contributed by atoms with Gasteiger partial charge in [-0.1, -0.05) is 20.8 Å². The molecule has 0 bridgehead atoms. The summed E-state index contributed by atoms with van der Waals surface area (Å²) < 4.78 is 0. The molecule has 6 heteroatoms. The first kappa shape index (κ1) is 16.8. The summed E-state index contributed by atoms with van der Waals surface area (Å²) in [6.45, 7) is 7.92. The molecular formula is C14H27N3O3. The van der Waals surface area contributed by atoms with Crippen LogP contribution in [0, 0.1) is 5.41 Å². The summed E-state index contributed by atoms with van der Waals surface area (Å²) in [4.78, 5) is 25.2. The monoisotopic (exact) mass is 285 g/mol. The largest absolute Gasteiger partial charge is 0.480 e. The van der Waals surface area contributed by atoms with Gasteiger partial charge in [-0.2, -0.15) is 0 Å². The Morgan fingerprint density at radius 3 is 2.30 bits per heavy atom. The second kappa shape index (κ2) is 6.43. The molecule has 6 nitrogen and oxygen atoms in total. The van der Waals surface area contributed by atoms with E-state index in [2.05, 4.69) is 29.5 Å². The van der Waals surface area contributed by atoms with Crippen molar-refractivity contribution < 1.29 is 14.7 Å². The fraction of sp³-hybridized carbons (Fsp3) is 0.857. The van der Waals surface area contributed by atoms with Crippen LogP contribution < -0.4 is 10.6 Å². The summed E-state index contributed by atoms with van der Waals surface area (Å²) in [5.41, 5.74) is -0.528. The van der Waals surface area contributed by atoms with Crippen LogP contribution in [-0.2, 0) is 4.79 Å². The van der Waals surface area contributed by atoms with E-state index >= 15 is 0 Å². The van der Waals surface area contributed by atoms with Crippen molar-refractivity contribution >= 4 is 12.0 Å². The molecule has 3 N–H and O–H groups in total. The minimum Gasteiger partial charge on any atom is -0.480 e. The van der Waals surface area contributed by atoms with Crippen LogP contribution in [0.3, 0.4) is 0 Å². The summed E-state index contributed by atoms with van der Waals surface area (Å²) in [6.07, 6.45) is 2.44. The molecule has 1 aliphatic rings. The molecule has 20 heavy (non-hydrogen) atoms. The molecule has 1 aliphatic carbocycles. The van der Waals surface area contributed by atoms with Crippen LogP contribution in [0.4, 0.5) is 4.79 Å². The molecule has 0 aromatic heterocycles. The summed E-state index contributed by atoms with van der Waals surface area (Å²) in [7, 11) is 2.05. The Bertz CT molecular complexity index is 361. The van der Waals surface area contributed by atoms with Crippen LogP contribution in [0.15, 0.2) is 0 Å². The van der Waals surface area contributed by atoms with Crippen LogP contribution in [0.2, 0.25) is 0 Å². The van der Waals surface area contributed by atoms with Crippen LogP contribution in [0.25, 0.3) is 0 Å². The Morgan fingerprint density at radius 2 is 1.90 bits per heavy atom. The third-order valence-corrected chi connectivity index (χ3v) is 3.76. The summed E-state index contributed by atoms with van der Waals surface area (Å²) >= 11 is 0. The number of likely N-dealkylation sites (N-methyl/N-ethyl adjacent to an activating group) is 1. The molecule has 0 radical (unpaired) electrons. The number of amides is 2. The maximum absolute atomic E-state index is 11.8. The number of carboxylic acid groups (broad SMARTS) is 1. The molecular weight excluding hydrogens is 258 g/mol. The second-order valence-electron chi connectivity index (χ2n) is 6.74. The van der Waals surface area contributed by atoms with Gasteiger partial charge >= 0.3 is 12.0 Å². The van der Waals surface area contributed by atoms with Crippen LogP contribution in [-0.4, -0.2) is 53.7 Å². The molecule has 1 saturated carbocycles. The van der Waals surface area contributed by atoms with Crippen molar-refractivity contribution in [2.24, 2.45) is 5.41 Å². The number of nitrogens with zero attached hydrogens (tertiary/aromatic N) is 1. The van der Waals surface area contributed by atoms with Crippen LogP contribution >= 0.6 is 0 Å². The zero-order chi connectivity index (χ0) is 15.5. The number of hydrogen-bond donors (Lipinski definition) is 3. The Balaban J connectivity index is 2.40. The van der Waals surface area contributed by atoms with Gasteiger partial charge in [-0.05, 0) is 32.2 Å². The van der Waals surface area contributed by atoms with Crippen molar-refractivity contribution in [2.75, 3.05) is 13.6 Å². The van der Waals surface area contributed by atoms with Gasteiger partial charge in [0.25, 0.3) is 0 Å². The van der Waals surface area contributed by atoms with Crippen LogP contribution in [0.5, 0.6) is 0 Å². The van der Waals surface area contributed by atoms with Gasteiger partial charge < -0.3 is 15.7 Å². The fourth-order valence-corrected chi connectivity index (χ4v) is 2.06. The molecule has 0 aromatic carbocycles. The van der Waals surface area contributed by atoms with Gasteiger partial charge in [0.2, 0.25) is 0 Å². The van der Waals surface area contributed by atoms with Gasteiger partial charge in [0.05, 0.1) is 0 Å². The molecule has 1 rings (SSSR count). The van der Waals surface area contributed by atoms with Gasteiger partial charge in [0, 0.05) is 18.6 Å². The van der Waals surface area contributed by atoms with Crippen molar-refractivity contribution in [1.29, 1.82) is 0 Å². The minimum absolute atomic E-state index is 0.242. The number of carboxylic acids is 1. The highest BCUT2D eigenvalue weighted by Gasteiger charge is 2.33. The van der Waals surface area contributed by atoms with Gasteiger partial charge in [0.1, 0.15) is 6.04 Å². The quantitative estimate of drug-likeness (QED) is 0.686. The molecule has 2 atom stereocenters. The average molecular weight is 285 g/mol. The molecule has 0 spiro atoms. The Morgan fingerprint density at radius 1 is 1.35 bits per heavy atom. The number of aliphatic carboxylic acids is 1. The summed E-state index contributed by atoms with van der Waals surface area (Å²) in [5, 5.41) is 14.4. The standard InChI is InChI=1S/C14H27N3O3/c1-9(17(5)10-6-7-10)8-15-13(20)16-11(12(18)19)14(2,3)4/h9-11H,6-8H2,1-5H3,(H,18,19)(H2,15,16,20)/t9?,11-/m0/s1. The van der Waals surface area contributed by atoms with Crippen LogP contribution in [0.1, 0.15) is 40.5 Å². The predicted molar refractivity (Wildman–Crippen MR) is 77.7 cm³/mol. The lowest BCUT2D eigenvalue weighted by Crippen LogP contribution is -2.53. The van der Waals surface area contributed by atoms with Crippen molar-refractivity contribution in [2.45, 2.75) is 58.7 Å². The maximum Gasteiger partial charge on any atom is 0.326 e. The Labute approximate surface area is 120 Å². The first-order chi connectivity index (χ1) is 9.12. The first-order valence-corrected chi connectivity index (χ1v) is 7.12. The number of urea groups is 1. The third-order valence-electron chi connectivity index (χ3n) is 3.76. The van der Waals surface area contributed by atoms with E-state index in [9.17, 15) is 9.59 Å². The fourth-order valence-electron chi connectivity index (χ4n) is 2.06. The SMILES string of the molecule is CC(CNC(=O)N[C@@H](C(=O)O)C(C)(C)C)N(C)C1CC1. The molecule has 2 amide bonds. The van der Waals surface area contributed by atoms with Crippen molar-refractivity contribution in [1.82, 2.24) is 15.5 Å². The lowest BCUT2D eigenvalue weighted by atomic mass is 9.87. The highest BCUT2D eigenvalue weighted by atomic mass is 16.4. The Hall–Kier alpha value is -1.30. The number of hydrogen-bond acceptors (Lipinski definition) is 3. The predicted octanol–water partition coefficient (Wildman–Crippen LogP) is 1.27. The molecule has 0 aromatic rings. The van der Waals surface area contributed by atoms with E-state index in [4.69, 9.17) is 5.11 Å². The minimum atomic E-state index is -1.02. The molecule has 0 heterocycles. The van der Waals surface area contributed by atoms with E-state index in [1.165, 1.54) is 12.8 Å². The second-order valence-corrected chi connectivity index (χ2v) is 6.74. The zero-order valence-electron chi connectivity index (χ0n) is 13.1. The van der Waals surface area contributed by atoms with Crippen molar-refractivity contribution in [3.05, 3.63) is 0 Å². The molecule has 1 fully saturated rings. The number of nitrogens with one attached hydrogen (secondary N) is 2. The third kappa shape index (κ3) is 5.00. The van der Waals surface area contributed by atoms with Crippen molar-refractivity contribution in [3.8, 4) is 0 Å². The van der Waals surface area contributed by atoms with Gasteiger partial charge in [0.15, 0.2) is 0 Å². The lowest BCUT2D eigenvalue weighted by Gasteiger charge is -2.29. The van der Waals surface area contributed by atoms with Gasteiger partial charge in [-0.15, -0.1) is 0 Å². The summed E-state index contributed by atoms with van der Waals surface area (Å²) in [5.74, 6) is -1.02. The van der Waals surface area contributed by atoms with E-state index in [1.807, 2.05) is 0 Å². The normalized spacial score (nSPS) is 18.5. The van der Waals surface area contributed by atoms with E-state index in [0.29, 0.717) is 12.6 Å². The van der Waals surface area contributed by atoms with E-state index in [1.54, 1.807) is 20.8 Å². The van der Waals surface area contributed by atoms with E-state index < -0.39 is 23.5 Å². The zero-order valence-corrected chi connectivity index (χ0v) is 13.1. The number of rotatable bonds is 6. The lowest BCUT2D eigenvalue weighted by molar-refractivity contribution is -0.141. The summed E-state index contributed by atoms with van der Waals surface area (Å²) in [6, 6.07) is -0.454. The average Bonchev–Trinajstić information content (AvgIpc) is 3.14. The number of carbonyl (C=O) groups is 2. The number of carbonyl (C=O) groups excluding carboxylic acids is 1. The molecule has 0 saturated heterocycles. The molecule has 116 valence electrons. The Kier molecular flexibility index (Phi) is 5.39. The topological polar surface area (TPSA) is 81.7 Å². The first-order valence-electron chi connectivity index (χ1n) is 7.12. The highest BCUT2D eigenvalue weighted by Crippen LogP contribution is 2.26. The molecule has 1 unspecified atom stereocenters. The van der Waals surface area contributed by atoms with Gasteiger partial charge in [-0.3, -0.25) is 4.90 Å². The van der Waals surface area contributed by atoms with E-state index in [0.717, 1.165) is 0 Å². The van der Waals surface area contributed by atoms with Crippen molar-refractivity contribution in [3.63, 3.8) is 0 Å².